The van der Waals surface area contributed by atoms with Gasteiger partial charge in [0.05, 0.1) is 12.6 Å². The molecule has 0 aliphatic carbocycles. The summed E-state index contributed by atoms with van der Waals surface area (Å²) in [6.45, 7) is 0.781. The number of nitrogens with zero attached hydrogens (tertiary/aromatic N) is 1. The molecule has 17 heavy (non-hydrogen) atoms. The lowest BCUT2D eigenvalue weighted by atomic mass is 10.2. The summed E-state index contributed by atoms with van der Waals surface area (Å²) in [5.41, 5.74) is 5.34. The molecule has 92 valence electrons. The molecule has 0 bridgehead atoms. The summed E-state index contributed by atoms with van der Waals surface area (Å²) in [7, 11) is 0. The minimum absolute atomic E-state index is 0.0275. The second-order valence-corrected chi connectivity index (χ2v) is 3.65. The molecule has 0 spiro atoms. The van der Waals surface area contributed by atoms with Gasteiger partial charge in [-0.15, -0.1) is 0 Å². The average Bonchev–Trinajstić information content (AvgIpc) is 2.70. The number of amidine groups is 1. The number of ether oxygens (including phenoxy) is 2. The maximum atomic E-state index is 12.8. The van der Waals surface area contributed by atoms with E-state index in [1.54, 1.807) is 0 Å². The standard InChI is InChI=1S/C11H12F2N2O2/c12-9-2-1-8(5-10(9)13)16-4-3-7-6-17-11(14)15-7/h1-2,5,7H,3-4,6H2,(H2,14,15)/t7-/m0/s1. The van der Waals surface area contributed by atoms with Crippen LogP contribution in [-0.4, -0.2) is 25.3 Å². The first kappa shape index (κ1) is 11.6. The van der Waals surface area contributed by atoms with Crippen molar-refractivity contribution < 1.29 is 18.3 Å². The first-order valence-electron chi connectivity index (χ1n) is 5.19. The highest BCUT2D eigenvalue weighted by atomic mass is 19.2. The number of aliphatic imine (C=N–C) groups is 1. The van der Waals surface area contributed by atoms with Crippen LogP contribution in [-0.2, 0) is 4.74 Å². The fraction of sp³-hybridized carbons (Fsp3) is 0.364. The lowest BCUT2D eigenvalue weighted by Crippen LogP contribution is -2.12. The lowest BCUT2D eigenvalue weighted by Gasteiger charge is -2.08. The van der Waals surface area contributed by atoms with Crippen molar-refractivity contribution in [3.8, 4) is 5.75 Å². The van der Waals surface area contributed by atoms with Crippen molar-refractivity contribution in [2.75, 3.05) is 13.2 Å². The van der Waals surface area contributed by atoms with Crippen LogP contribution in [0.15, 0.2) is 23.2 Å². The molecule has 1 atom stereocenters. The van der Waals surface area contributed by atoms with Crippen molar-refractivity contribution in [2.24, 2.45) is 10.7 Å². The van der Waals surface area contributed by atoms with Gasteiger partial charge in [-0.1, -0.05) is 0 Å². The molecule has 0 aromatic heterocycles. The van der Waals surface area contributed by atoms with E-state index in [1.165, 1.54) is 6.07 Å². The van der Waals surface area contributed by atoms with Gasteiger partial charge in [0.1, 0.15) is 12.4 Å². The summed E-state index contributed by atoms with van der Waals surface area (Å²) in [5, 5.41) is 0. The zero-order valence-electron chi connectivity index (χ0n) is 9.03. The Balaban J connectivity index is 1.80. The maximum Gasteiger partial charge on any atom is 0.282 e. The largest absolute Gasteiger partial charge is 0.493 e. The Morgan fingerprint density at radius 3 is 2.88 bits per heavy atom. The molecule has 0 saturated carbocycles. The fourth-order valence-electron chi connectivity index (χ4n) is 1.46. The second kappa shape index (κ2) is 4.99. The van der Waals surface area contributed by atoms with Gasteiger partial charge in [-0.05, 0) is 12.1 Å². The predicted octanol–water partition coefficient (Wildman–Crippen LogP) is 1.45. The Morgan fingerprint density at radius 1 is 1.41 bits per heavy atom. The molecule has 6 heteroatoms. The highest BCUT2D eigenvalue weighted by molar-refractivity contribution is 5.72. The third kappa shape index (κ3) is 3.05. The molecule has 1 aliphatic heterocycles. The van der Waals surface area contributed by atoms with Gasteiger partial charge in [-0.3, -0.25) is 0 Å². The van der Waals surface area contributed by atoms with E-state index < -0.39 is 11.6 Å². The van der Waals surface area contributed by atoms with E-state index in [1.807, 2.05) is 0 Å². The van der Waals surface area contributed by atoms with Gasteiger partial charge in [0, 0.05) is 12.5 Å². The van der Waals surface area contributed by atoms with E-state index in [0.717, 1.165) is 12.1 Å². The van der Waals surface area contributed by atoms with Crippen LogP contribution in [0.3, 0.4) is 0 Å². The van der Waals surface area contributed by atoms with Gasteiger partial charge in [-0.2, -0.15) is 0 Å². The van der Waals surface area contributed by atoms with Gasteiger partial charge in [-0.25, -0.2) is 13.8 Å². The summed E-state index contributed by atoms with van der Waals surface area (Å²) in [6.07, 6.45) is 0.611. The monoisotopic (exact) mass is 242 g/mol. The Morgan fingerprint density at radius 2 is 2.24 bits per heavy atom. The van der Waals surface area contributed by atoms with Crippen LogP contribution in [0.1, 0.15) is 6.42 Å². The van der Waals surface area contributed by atoms with E-state index >= 15 is 0 Å². The van der Waals surface area contributed by atoms with Gasteiger partial charge in [0.2, 0.25) is 0 Å². The molecular formula is C11H12F2N2O2. The van der Waals surface area contributed by atoms with Crippen molar-refractivity contribution in [3.63, 3.8) is 0 Å². The van der Waals surface area contributed by atoms with Crippen molar-refractivity contribution in [3.05, 3.63) is 29.8 Å². The molecule has 1 aromatic rings. The average molecular weight is 242 g/mol. The van der Waals surface area contributed by atoms with E-state index in [9.17, 15) is 8.78 Å². The summed E-state index contributed by atoms with van der Waals surface area (Å²) in [4.78, 5) is 4.01. The number of nitrogens with two attached hydrogens (primary N) is 1. The molecular weight excluding hydrogens is 230 g/mol. The first-order valence-corrected chi connectivity index (χ1v) is 5.19. The van der Waals surface area contributed by atoms with E-state index in [2.05, 4.69) is 4.99 Å². The van der Waals surface area contributed by atoms with Crippen LogP contribution < -0.4 is 10.5 Å². The minimum atomic E-state index is -0.922. The predicted molar refractivity (Wildman–Crippen MR) is 57.8 cm³/mol. The first-order chi connectivity index (χ1) is 8.15. The fourth-order valence-corrected chi connectivity index (χ4v) is 1.46. The van der Waals surface area contributed by atoms with Crippen molar-refractivity contribution in [1.29, 1.82) is 0 Å². The van der Waals surface area contributed by atoms with Crippen LogP contribution in [0.2, 0.25) is 0 Å². The molecule has 0 radical (unpaired) electrons. The highest BCUT2D eigenvalue weighted by Crippen LogP contribution is 2.16. The lowest BCUT2D eigenvalue weighted by molar-refractivity contribution is 0.262. The zero-order chi connectivity index (χ0) is 12.3. The molecule has 1 heterocycles. The van der Waals surface area contributed by atoms with Gasteiger partial charge >= 0.3 is 0 Å². The van der Waals surface area contributed by atoms with Crippen LogP contribution in [0, 0.1) is 11.6 Å². The molecule has 1 aliphatic rings. The summed E-state index contributed by atoms with van der Waals surface area (Å²) >= 11 is 0. The smallest absolute Gasteiger partial charge is 0.282 e. The Bertz CT molecular complexity index is 437. The molecule has 0 unspecified atom stereocenters. The Labute approximate surface area is 97.0 Å². The van der Waals surface area contributed by atoms with Crippen LogP contribution in [0.5, 0.6) is 5.75 Å². The normalized spacial score (nSPS) is 18.7. The summed E-state index contributed by atoms with van der Waals surface area (Å²) in [6, 6.07) is 3.57. The number of halogens is 2. The molecule has 0 fully saturated rings. The highest BCUT2D eigenvalue weighted by Gasteiger charge is 2.16. The topological polar surface area (TPSA) is 56.8 Å². The van der Waals surface area contributed by atoms with E-state index in [-0.39, 0.29) is 12.1 Å². The van der Waals surface area contributed by atoms with Crippen molar-refractivity contribution in [1.82, 2.24) is 0 Å². The summed E-state index contributed by atoms with van der Waals surface area (Å²) in [5.74, 6) is -1.52. The summed E-state index contributed by atoms with van der Waals surface area (Å²) < 4.78 is 35.7. The van der Waals surface area contributed by atoms with Crippen LogP contribution in [0.4, 0.5) is 8.78 Å². The van der Waals surface area contributed by atoms with E-state index in [0.29, 0.717) is 25.4 Å². The second-order valence-electron chi connectivity index (χ2n) is 3.65. The SMILES string of the molecule is NC1=N[C@@H](CCOc2ccc(F)c(F)c2)CO1. The zero-order valence-corrected chi connectivity index (χ0v) is 9.03. The minimum Gasteiger partial charge on any atom is -0.493 e. The number of rotatable bonds is 4. The Hall–Kier alpha value is -1.85. The molecule has 1 aromatic carbocycles. The van der Waals surface area contributed by atoms with Gasteiger partial charge < -0.3 is 15.2 Å². The maximum absolute atomic E-state index is 12.8. The molecule has 2 rings (SSSR count). The van der Waals surface area contributed by atoms with Crippen LogP contribution in [0.25, 0.3) is 0 Å². The molecule has 0 saturated heterocycles. The van der Waals surface area contributed by atoms with Crippen molar-refractivity contribution in [2.45, 2.75) is 12.5 Å². The van der Waals surface area contributed by atoms with Crippen molar-refractivity contribution >= 4 is 6.02 Å². The van der Waals surface area contributed by atoms with Gasteiger partial charge in [0.25, 0.3) is 6.02 Å². The van der Waals surface area contributed by atoms with Crippen LogP contribution >= 0.6 is 0 Å². The molecule has 0 amide bonds. The molecule has 2 N–H and O–H groups in total. The number of benzene rings is 1. The Kier molecular flexibility index (Phi) is 3.41. The van der Waals surface area contributed by atoms with Gasteiger partial charge in [0.15, 0.2) is 11.6 Å². The number of hydrogen-bond acceptors (Lipinski definition) is 4. The van der Waals surface area contributed by atoms with E-state index in [4.69, 9.17) is 15.2 Å². The third-order valence-corrected chi connectivity index (χ3v) is 2.34. The number of hydrogen-bond donors (Lipinski definition) is 1. The molecule has 4 nitrogen and oxygen atoms in total. The third-order valence-electron chi connectivity index (χ3n) is 2.34. The quantitative estimate of drug-likeness (QED) is 0.869.